The van der Waals surface area contributed by atoms with Crippen LogP contribution < -0.4 is 21.7 Å². The molecule has 1 unspecified atom stereocenters. The minimum absolute atomic E-state index is 0.285. The molecule has 3 aromatic rings. The summed E-state index contributed by atoms with van der Waals surface area (Å²) in [7, 11) is 0. The quantitative estimate of drug-likeness (QED) is 0.383. The van der Waals surface area contributed by atoms with Crippen molar-refractivity contribution >= 4 is 29.1 Å². The average molecular weight is 483 g/mol. The first-order chi connectivity index (χ1) is 16.4. The molecule has 3 amide bonds. The van der Waals surface area contributed by atoms with Gasteiger partial charge in [-0.05, 0) is 37.1 Å². The molecule has 1 saturated heterocycles. The van der Waals surface area contributed by atoms with E-state index in [1.54, 1.807) is 30.6 Å². The molecule has 3 aromatic heterocycles. The van der Waals surface area contributed by atoms with Gasteiger partial charge < -0.3 is 21.7 Å². The summed E-state index contributed by atoms with van der Waals surface area (Å²) in [5, 5.41) is 17.7. The number of carbonyl (C=O) groups excluding carboxylic acids is 2. The Hall–Kier alpha value is -3.67. The van der Waals surface area contributed by atoms with E-state index in [4.69, 9.17) is 5.73 Å². The van der Waals surface area contributed by atoms with Crippen LogP contribution in [0.25, 0.3) is 10.7 Å². The number of nitrogens with zero attached hydrogens (tertiary/aromatic N) is 4. The van der Waals surface area contributed by atoms with Gasteiger partial charge in [-0.2, -0.15) is 0 Å². The molecule has 2 fully saturated rings. The van der Waals surface area contributed by atoms with Gasteiger partial charge in [-0.1, -0.05) is 6.42 Å². The van der Waals surface area contributed by atoms with Crippen LogP contribution in [-0.4, -0.2) is 51.2 Å². The molecular formula is C22H23FN8O2S. The first-order valence-corrected chi connectivity index (χ1v) is 11.8. The topological polar surface area (TPSA) is 148 Å². The van der Waals surface area contributed by atoms with E-state index in [9.17, 15) is 14.0 Å². The number of aromatic nitrogens is 4. The predicted octanol–water partition coefficient (Wildman–Crippen LogP) is 1.92. The first kappa shape index (κ1) is 22.1. The van der Waals surface area contributed by atoms with Gasteiger partial charge >= 0.3 is 6.03 Å². The van der Waals surface area contributed by atoms with Crippen LogP contribution in [0.3, 0.4) is 0 Å². The summed E-state index contributed by atoms with van der Waals surface area (Å²) in [6, 6.07) is 5.85. The van der Waals surface area contributed by atoms with Crippen molar-refractivity contribution in [3.8, 4) is 10.7 Å². The van der Waals surface area contributed by atoms with Crippen molar-refractivity contribution in [2.24, 2.45) is 5.73 Å². The van der Waals surface area contributed by atoms with E-state index in [1.165, 1.54) is 17.4 Å². The lowest BCUT2D eigenvalue weighted by Gasteiger charge is -2.41. The summed E-state index contributed by atoms with van der Waals surface area (Å²) < 4.78 is 14.3. The minimum atomic E-state index is -0.690. The van der Waals surface area contributed by atoms with E-state index < -0.39 is 17.9 Å². The zero-order valence-corrected chi connectivity index (χ0v) is 18.9. The maximum absolute atomic E-state index is 14.3. The van der Waals surface area contributed by atoms with Crippen LogP contribution in [0.2, 0.25) is 0 Å². The fraction of sp³-hybridized carbons (Fsp3) is 0.364. The third-order valence-corrected chi connectivity index (χ3v) is 7.50. The summed E-state index contributed by atoms with van der Waals surface area (Å²) in [4.78, 5) is 32.8. The Kier molecular flexibility index (Phi) is 5.82. The number of nitrogens with one attached hydrogen (secondary N) is 3. The molecule has 5 N–H and O–H groups in total. The molecule has 0 radical (unpaired) electrons. The van der Waals surface area contributed by atoms with Gasteiger partial charge in [0.25, 0.3) is 0 Å². The van der Waals surface area contributed by atoms with Crippen LogP contribution in [0, 0.1) is 5.82 Å². The Morgan fingerprint density at radius 2 is 2.15 bits per heavy atom. The highest BCUT2D eigenvalue weighted by Gasteiger charge is 2.42. The molecular weight excluding hydrogens is 459 g/mol. The van der Waals surface area contributed by atoms with Crippen molar-refractivity contribution in [2.45, 2.75) is 36.6 Å². The number of rotatable bonds is 8. The summed E-state index contributed by atoms with van der Waals surface area (Å²) in [6.07, 6.45) is 5.95. The van der Waals surface area contributed by atoms with Crippen LogP contribution in [-0.2, 0) is 10.2 Å². The second-order valence-electron chi connectivity index (χ2n) is 8.53. The molecule has 2 aliphatic rings. The third kappa shape index (κ3) is 4.16. The number of urea groups is 1. The van der Waals surface area contributed by atoms with E-state index >= 15 is 0 Å². The van der Waals surface area contributed by atoms with Gasteiger partial charge in [-0.3, -0.25) is 9.78 Å². The second-order valence-corrected chi connectivity index (χ2v) is 9.60. The molecule has 5 rings (SSSR count). The fourth-order valence-corrected chi connectivity index (χ4v) is 5.49. The SMILES string of the molecule is NC(=O)C(c1cnc(-c2ccc(NCC3(c4ncccc4F)CCC3)nn2)s1)[C@H]1CNC(=O)N1. The number of hydrogen-bond acceptors (Lipinski definition) is 8. The van der Waals surface area contributed by atoms with Crippen molar-refractivity contribution in [3.05, 3.63) is 53.0 Å². The van der Waals surface area contributed by atoms with Gasteiger partial charge in [0, 0.05) is 35.8 Å². The number of amides is 3. The molecule has 34 heavy (non-hydrogen) atoms. The van der Waals surface area contributed by atoms with Crippen molar-refractivity contribution in [3.63, 3.8) is 0 Å². The van der Waals surface area contributed by atoms with Gasteiger partial charge in [-0.25, -0.2) is 14.2 Å². The fourth-order valence-electron chi connectivity index (χ4n) is 4.44. The Balaban J connectivity index is 1.28. The monoisotopic (exact) mass is 482 g/mol. The summed E-state index contributed by atoms with van der Waals surface area (Å²) >= 11 is 1.28. The van der Waals surface area contributed by atoms with Crippen LogP contribution >= 0.6 is 11.3 Å². The van der Waals surface area contributed by atoms with Crippen molar-refractivity contribution in [1.82, 2.24) is 30.8 Å². The van der Waals surface area contributed by atoms with E-state index in [0.29, 0.717) is 40.2 Å². The first-order valence-electron chi connectivity index (χ1n) is 10.9. The lowest BCUT2D eigenvalue weighted by atomic mass is 9.66. The number of anilines is 1. The lowest BCUT2D eigenvalue weighted by Crippen LogP contribution is -2.42. The standard InChI is InChI=1S/C22H23FN8O2S/c23-12-3-1-8-25-18(12)22(6-2-7-22)11-28-16-5-4-13(30-31-16)20-26-10-15(34-20)17(19(24)32)14-9-27-21(33)29-14/h1,3-5,8,10,14,17H,2,6-7,9,11H2,(H2,24,32)(H,28,31)(H2,27,29,33)/t14-,17?/m1/s1. The molecule has 0 bridgehead atoms. The van der Waals surface area contributed by atoms with E-state index in [1.807, 2.05) is 0 Å². The summed E-state index contributed by atoms with van der Waals surface area (Å²) in [5.41, 5.74) is 6.29. The van der Waals surface area contributed by atoms with E-state index in [2.05, 4.69) is 36.1 Å². The Morgan fingerprint density at radius 1 is 1.29 bits per heavy atom. The van der Waals surface area contributed by atoms with Crippen LogP contribution in [0.4, 0.5) is 15.0 Å². The molecule has 1 aliphatic heterocycles. The largest absolute Gasteiger partial charge is 0.369 e. The zero-order chi connectivity index (χ0) is 23.7. The Labute approximate surface area is 198 Å². The van der Waals surface area contributed by atoms with Gasteiger partial charge in [-0.15, -0.1) is 21.5 Å². The Bertz CT molecular complexity index is 1210. The lowest BCUT2D eigenvalue weighted by molar-refractivity contribution is -0.119. The molecule has 1 saturated carbocycles. The van der Waals surface area contributed by atoms with Crippen molar-refractivity contribution in [2.75, 3.05) is 18.4 Å². The van der Waals surface area contributed by atoms with Gasteiger partial charge in [0.1, 0.15) is 22.3 Å². The number of primary amides is 1. The van der Waals surface area contributed by atoms with E-state index in [-0.39, 0.29) is 17.3 Å². The highest BCUT2D eigenvalue weighted by molar-refractivity contribution is 7.15. The number of pyridine rings is 1. The number of thiazole rings is 1. The molecule has 12 heteroatoms. The maximum atomic E-state index is 14.3. The highest BCUT2D eigenvalue weighted by Crippen LogP contribution is 2.43. The summed E-state index contributed by atoms with van der Waals surface area (Å²) in [5.74, 6) is -0.945. The molecule has 0 spiro atoms. The zero-order valence-electron chi connectivity index (χ0n) is 18.1. The Morgan fingerprint density at radius 3 is 2.76 bits per heavy atom. The molecule has 4 heterocycles. The molecule has 176 valence electrons. The average Bonchev–Trinajstić information content (AvgIpc) is 3.44. The molecule has 10 nitrogen and oxygen atoms in total. The van der Waals surface area contributed by atoms with Gasteiger partial charge in [0.2, 0.25) is 5.91 Å². The maximum Gasteiger partial charge on any atom is 0.315 e. The number of carbonyl (C=O) groups is 2. The van der Waals surface area contributed by atoms with Crippen molar-refractivity contribution in [1.29, 1.82) is 0 Å². The van der Waals surface area contributed by atoms with Crippen molar-refractivity contribution < 1.29 is 14.0 Å². The van der Waals surface area contributed by atoms with Gasteiger partial charge in [0.05, 0.1) is 17.7 Å². The molecule has 0 aromatic carbocycles. The number of hydrogen-bond donors (Lipinski definition) is 4. The third-order valence-electron chi connectivity index (χ3n) is 6.40. The summed E-state index contributed by atoms with van der Waals surface area (Å²) in [6.45, 7) is 0.821. The van der Waals surface area contributed by atoms with Crippen LogP contribution in [0.5, 0.6) is 0 Å². The minimum Gasteiger partial charge on any atom is -0.369 e. The smallest absolute Gasteiger partial charge is 0.315 e. The number of halogens is 1. The van der Waals surface area contributed by atoms with Crippen LogP contribution in [0.1, 0.15) is 35.8 Å². The van der Waals surface area contributed by atoms with Gasteiger partial charge in [0.15, 0.2) is 0 Å². The second kappa shape index (κ2) is 8.93. The van der Waals surface area contributed by atoms with E-state index in [0.717, 1.165) is 19.3 Å². The normalized spacial score (nSPS) is 19.6. The molecule has 1 aliphatic carbocycles. The number of nitrogens with two attached hydrogens (primary N) is 1. The predicted molar refractivity (Wildman–Crippen MR) is 124 cm³/mol. The highest BCUT2D eigenvalue weighted by atomic mass is 32.1. The van der Waals surface area contributed by atoms with Crippen LogP contribution in [0.15, 0.2) is 36.7 Å². The molecule has 2 atom stereocenters.